The minimum absolute atomic E-state index is 0.0235. The summed E-state index contributed by atoms with van der Waals surface area (Å²) in [7, 11) is 3.99. The molecule has 0 saturated carbocycles. The SMILES string of the molecule is CCCN(CCN(C)C)C(=O)c1cc(S)ccc1Cl. The molecule has 0 aliphatic heterocycles. The number of likely N-dealkylation sites (N-methyl/N-ethyl adjacent to an activating group) is 1. The van der Waals surface area contributed by atoms with Crippen LogP contribution in [-0.2, 0) is 0 Å². The van der Waals surface area contributed by atoms with E-state index in [1.54, 1.807) is 18.2 Å². The fourth-order valence-electron chi connectivity index (χ4n) is 1.75. The smallest absolute Gasteiger partial charge is 0.255 e. The van der Waals surface area contributed by atoms with Gasteiger partial charge in [0, 0.05) is 24.5 Å². The van der Waals surface area contributed by atoms with Crippen molar-refractivity contribution < 1.29 is 4.79 Å². The third-order valence-electron chi connectivity index (χ3n) is 2.78. The number of nitrogens with zero attached hydrogens (tertiary/aromatic N) is 2. The molecular formula is C14H21ClN2OS. The van der Waals surface area contributed by atoms with Gasteiger partial charge in [0.25, 0.3) is 5.91 Å². The van der Waals surface area contributed by atoms with Gasteiger partial charge in [-0.1, -0.05) is 18.5 Å². The molecule has 0 fully saturated rings. The van der Waals surface area contributed by atoms with E-state index in [1.165, 1.54) is 0 Å². The molecule has 19 heavy (non-hydrogen) atoms. The average molecular weight is 301 g/mol. The van der Waals surface area contributed by atoms with E-state index in [1.807, 2.05) is 19.0 Å². The van der Waals surface area contributed by atoms with E-state index in [-0.39, 0.29) is 5.91 Å². The van der Waals surface area contributed by atoms with Crippen molar-refractivity contribution in [3.8, 4) is 0 Å². The molecule has 1 aromatic rings. The first kappa shape index (κ1) is 16.3. The lowest BCUT2D eigenvalue weighted by Gasteiger charge is -2.24. The largest absolute Gasteiger partial charge is 0.337 e. The van der Waals surface area contributed by atoms with Crippen molar-refractivity contribution in [1.29, 1.82) is 0 Å². The second-order valence-electron chi connectivity index (χ2n) is 4.76. The first-order valence-corrected chi connectivity index (χ1v) is 7.20. The van der Waals surface area contributed by atoms with Crippen molar-refractivity contribution in [3.63, 3.8) is 0 Å². The minimum atomic E-state index is -0.0235. The van der Waals surface area contributed by atoms with Crippen molar-refractivity contribution in [2.24, 2.45) is 0 Å². The van der Waals surface area contributed by atoms with Gasteiger partial charge in [-0.2, -0.15) is 0 Å². The number of thiol groups is 1. The van der Waals surface area contributed by atoms with Crippen LogP contribution in [0.3, 0.4) is 0 Å². The molecule has 0 radical (unpaired) electrons. The Hall–Kier alpha value is -0.710. The first-order valence-electron chi connectivity index (χ1n) is 6.38. The van der Waals surface area contributed by atoms with Gasteiger partial charge in [-0.05, 0) is 38.7 Å². The van der Waals surface area contributed by atoms with Gasteiger partial charge in [-0.3, -0.25) is 4.79 Å². The average Bonchev–Trinajstić information content (AvgIpc) is 2.36. The zero-order chi connectivity index (χ0) is 14.4. The summed E-state index contributed by atoms with van der Waals surface area (Å²) in [5, 5.41) is 0.480. The summed E-state index contributed by atoms with van der Waals surface area (Å²) < 4.78 is 0. The minimum Gasteiger partial charge on any atom is -0.337 e. The monoisotopic (exact) mass is 300 g/mol. The Morgan fingerprint density at radius 2 is 1.95 bits per heavy atom. The molecule has 0 bridgehead atoms. The molecule has 0 aliphatic rings. The number of benzene rings is 1. The summed E-state index contributed by atoms with van der Waals surface area (Å²) in [6, 6.07) is 5.23. The van der Waals surface area contributed by atoms with Crippen LogP contribution in [0.4, 0.5) is 0 Å². The number of rotatable bonds is 6. The quantitative estimate of drug-likeness (QED) is 0.816. The standard InChI is InChI=1S/C14H21ClN2OS/c1-4-7-17(9-8-16(2)3)14(18)12-10-11(19)5-6-13(12)15/h5-6,10,19H,4,7-9H2,1-3H3. The third-order valence-corrected chi connectivity index (χ3v) is 3.39. The number of hydrogen-bond donors (Lipinski definition) is 1. The molecule has 3 nitrogen and oxygen atoms in total. The molecule has 1 aromatic carbocycles. The highest BCUT2D eigenvalue weighted by molar-refractivity contribution is 7.80. The molecule has 0 aromatic heterocycles. The van der Waals surface area contributed by atoms with Crippen LogP contribution in [0.15, 0.2) is 23.1 Å². The molecule has 0 spiro atoms. The molecular weight excluding hydrogens is 280 g/mol. The summed E-state index contributed by atoms with van der Waals surface area (Å²) in [6.07, 6.45) is 0.928. The highest BCUT2D eigenvalue weighted by Crippen LogP contribution is 2.21. The number of halogens is 1. The highest BCUT2D eigenvalue weighted by Gasteiger charge is 2.18. The van der Waals surface area contributed by atoms with Gasteiger partial charge in [-0.25, -0.2) is 0 Å². The molecule has 0 heterocycles. The van der Waals surface area contributed by atoms with Gasteiger partial charge in [0.1, 0.15) is 0 Å². The Kier molecular flexibility index (Phi) is 6.69. The molecule has 5 heteroatoms. The zero-order valence-electron chi connectivity index (χ0n) is 11.7. The molecule has 0 unspecified atom stereocenters. The number of carbonyl (C=O) groups excluding carboxylic acids is 1. The lowest BCUT2D eigenvalue weighted by Crippen LogP contribution is -2.37. The van der Waals surface area contributed by atoms with Crippen LogP contribution in [-0.4, -0.2) is 49.4 Å². The zero-order valence-corrected chi connectivity index (χ0v) is 13.3. The predicted octanol–water partition coefficient (Wildman–Crippen LogP) is 3.04. The van der Waals surface area contributed by atoms with Crippen molar-refractivity contribution in [2.45, 2.75) is 18.2 Å². The van der Waals surface area contributed by atoms with Crippen LogP contribution in [0.1, 0.15) is 23.7 Å². The van der Waals surface area contributed by atoms with Crippen molar-refractivity contribution >= 4 is 30.1 Å². The summed E-state index contributed by atoms with van der Waals surface area (Å²) in [5.74, 6) is -0.0235. The van der Waals surface area contributed by atoms with Crippen LogP contribution in [0.2, 0.25) is 5.02 Å². The fraction of sp³-hybridized carbons (Fsp3) is 0.500. The molecule has 0 saturated heterocycles. The van der Waals surface area contributed by atoms with Gasteiger partial charge in [0.2, 0.25) is 0 Å². The lowest BCUT2D eigenvalue weighted by molar-refractivity contribution is 0.0745. The number of amides is 1. The van der Waals surface area contributed by atoms with E-state index in [0.29, 0.717) is 17.1 Å². The van der Waals surface area contributed by atoms with Gasteiger partial charge in [0.05, 0.1) is 10.6 Å². The molecule has 0 atom stereocenters. The van der Waals surface area contributed by atoms with Gasteiger partial charge in [-0.15, -0.1) is 12.6 Å². The maximum absolute atomic E-state index is 12.5. The highest BCUT2D eigenvalue weighted by atomic mass is 35.5. The van der Waals surface area contributed by atoms with E-state index < -0.39 is 0 Å². The van der Waals surface area contributed by atoms with E-state index in [0.717, 1.165) is 24.4 Å². The van der Waals surface area contributed by atoms with Crippen molar-refractivity contribution in [1.82, 2.24) is 9.80 Å². The predicted molar refractivity (Wildman–Crippen MR) is 83.5 cm³/mol. The van der Waals surface area contributed by atoms with E-state index in [2.05, 4.69) is 24.5 Å². The molecule has 1 amide bonds. The Labute approximate surface area is 125 Å². The molecule has 0 N–H and O–H groups in total. The molecule has 106 valence electrons. The van der Waals surface area contributed by atoms with E-state index >= 15 is 0 Å². The van der Waals surface area contributed by atoms with Crippen molar-refractivity contribution in [2.75, 3.05) is 33.7 Å². The summed E-state index contributed by atoms with van der Waals surface area (Å²) in [5.41, 5.74) is 0.529. The van der Waals surface area contributed by atoms with E-state index in [9.17, 15) is 4.79 Å². The molecule has 1 rings (SSSR count). The van der Waals surface area contributed by atoms with Crippen molar-refractivity contribution in [3.05, 3.63) is 28.8 Å². The van der Waals surface area contributed by atoms with Crippen LogP contribution in [0, 0.1) is 0 Å². The fourth-order valence-corrected chi connectivity index (χ4v) is 2.16. The Morgan fingerprint density at radius 3 is 2.53 bits per heavy atom. The van der Waals surface area contributed by atoms with Crippen LogP contribution in [0.5, 0.6) is 0 Å². The summed E-state index contributed by atoms with van der Waals surface area (Å²) in [4.78, 5) is 17.2. The van der Waals surface area contributed by atoms with Crippen LogP contribution >= 0.6 is 24.2 Å². The number of hydrogen-bond acceptors (Lipinski definition) is 3. The maximum atomic E-state index is 12.5. The molecule has 0 aliphatic carbocycles. The second-order valence-corrected chi connectivity index (χ2v) is 5.68. The summed E-state index contributed by atoms with van der Waals surface area (Å²) in [6.45, 7) is 4.34. The maximum Gasteiger partial charge on any atom is 0.255 e. The van der Waals surface area contributed by atoms with Gasteiger partial charge in [0.15, 0.2) is 0 Å². The Bertz CT molecular complexity index is 437. The Morgan fingerprint density at radius 1 is 1.26 bits per heavy atom. The van der Waals surface area contributed by atoms with E-state index in [4.69, 9.17) is 11.6 Å². The van der Waals surface area contributed by atoms with Crippen LogP contribution < -0.4 is 0 Å². The third kappa shape index (κ3) is 5.05. The lowest BCUT2D eigenvalue weighted by atomic mass is 10.2. The topological polar surface area (TPSA) is 23.6 Å². The normalized spacial score (nSPS) is 10.8. The van der Waals surface area contributed by atoms with Gasteiger partial charge < -0.3 is 9.80 Å². The van der Waals surface area contributed by atoms with Gasteiger partial charge >= 0.3 is 0 Å². The summed E-state index contributed by atoms with van der Waals surface area (Å²) >= 11 is 10.4. The number of carbonyl (C=O) groups is 1. The van der Waals surface area contributed by atoms with Crippen LogP contribution in [0.25, 0.3) is 0 Å². The first-order chi connectivity index (χ1) is 8.95. The Balaban J connectivity index is 2.88. The second kappa shape index (κ2) is 7.78.